The van der Waals surface area contributed by atoms with Crippen LogP contribution < -0.4 is 0 Å². The average Bonchev–Trinajstić information content (AvgIpc) is 2.64. The monoisotopic (exact) mass is 209 g/mol. The maximum absolute atomic E-state index is 6.15. The molecule has 76 valence electrons. The summed E-state index contributed by atoms with van der Waals surface area (Å²) in [5.74, 6) is 0. The van der Waals surface area contributed by atoms with Crippen LogP contribution in [-0.2, 0) is 6.54 Å². The molecule has 0 saturated carbocycles. The van der Waals surface area contributed by atoms with Gasteiger partial charge in [0, 0.05) is 11.6 Å². The second kappa shape index (κ2) is 4.33. The summed E-state index contributed by atoms with van der Waals surface area (Å²) in [7, 11) is 0. The van der Waals surface area contributed by atoms with Gasteiger partial charge in [0.25, 0.3) is 0 Å². The molecule has 0 N–H and O–H groups in total. The van der Waals surface area contributed by atoms with E-state index in [1.54, 1.807) is 0 Å². The fraction of sp³-hybridized carbons (Fsp3) is 0.500. The number of rotatable bonds is 2. The zero-order chi connectivity index (χ0) is 9.97. The Kier molecular flexibility index (Phi) is 3.09. The van der Waals surface area contributed by atoms with Gasteiger partial charge in [0.05, 0.1) is 0 Å². The van der Waals surface area contributed by atoms with E-state index < -0.39 is 0 Å². The molecule has 1 aromatic rings. The van der Waals surface area contributed by atoms with Gasteiger partial charge in [-0.3, -0.25) is 4.90 Å². The Hall–Kier alpha value is -0.530. The lowest BCUT2D eigenvalue weighted by atomic mass is 10.1. The summed E-state index contributed by atoms with van der Waals surface area (Å²) in [6.45, 7) is 5.58. The second-order valence-corrected chi connectivity index (χ2v) is 4.49. The van der Waals surface area contributed by atoms with Crippen molar-refractivity contribution in [2.45, 2.75) is 26.3 Å². The van der Waals surface area contributed by atoms with E-state index in [1.165, 1.54) is 37.1 Å². The van der Waals surface area contributed by atoms with Crippen molar-refractivity contribution in [1.29, 1.82) is 0 Å². The fourth-order valence-corrected chi connectivity index (χ4v) is 2.18. The first-order chi connectivity index (χ1) is 6.75. The van der Waals surface area contributed by atoms with E-state index in [0.29, 0.717) is 0 Å². The van der Waals surface area contributed by atoms with Crippen molar-refractivity contribution < 1.29 is 0 Å². The summed E-state index contributed by atoms with van der Waals surface area (Å²) in [6.07, 6.45) is 2.67. The summed E-state index contributed by atoms with van der Waals surface area (Å²) >= 11 is 6.15. The highest BCUT2D eigenvalue weighted by Crippen LogP contribution is 2.21. The minimum Gasteiger partial charge on any atom is -0.299 e. The molecular formula is C12H16ClN. The van der Waals surface area contributed by atoms with Crippen LogP contribution in [0.3, 0.4) is 0 Å². The van der Waals surface area contributed by atoms with Gasteiger partial charge in [-0.05, 0) is 44.5 Å². The van der Waals surface area contributed by atoms with Crippen molar-refractivity contribution in [3.05, 3.63) is 34.3 Å². The zero-order valence-electron chi connectivity index (χ0n) is 8.59. The molecule has 0 radical (unpaired) electrons. The van der Waals surface area contributed by atoms with Crippen LogP contribution in [0.2, 0.25) is 5.02 Å². The van der Waals surface area contributed by atoms with Gasteiger partial charge >= 0.3 is 0 Å². The van der Waals surface area contributed by atoms with Gasteiger partial charge in [0.15, 0.2) is 0 Å². The largest absolute Gasteiger partial charge is 0.299 e. The molecule has 0 aliphatic carbocycles. The van der Waals surface area contributed by atoms with Crippen LogP contribution in [0.15, 0.2) is 18.2 Å². The van der Waals surface area contributed by atoms with E-state index >= 15 is 0 Å². The Morgan fingerprint density at radius 3 is 2.71 bits per heavy atom. The fourth-order valence-electron chi connectivity index (χ4n) is 2.01. The van der Waals surface area contributed by atoms with Gasteiger partial charge in [-0.1, -0.05) is 29.3 Å². The minimum atomic E-state index is 0.905. The molecule has 2 rings (SSSR count). The number of hydrogen-bond acceptors (Lipinski definition) is 1. The van der Waals surface area contributed by atoms with Crippen LogP contribution >= 0.6 is 11.6 Å². The summed E-state index contributed by atoms with van der Waals surface area (Å²) in [5.41, 5.74) is 2.57. The molecule has 1 nitrogen and oxygen atoms in total. The maximum Gasteiger partial charge on any atom is 0.0451 e. The molecule has 1 heterocycles. The minimum absolute atomic E-state index is 0.905. The quantitative estimate of drug-likeness (QED) is 0.723. The van der Waals surface area contributed by atoms with Crippen LogP contribution in [0.1, 0.15) is 24.0 Å². The number of likely N-dealkylation sites (tertiary alicyclic amines) is 1. The highest BCUT2D eigenvalue weighted by Gasteiger charge is 2.13. The third kappa shape index (κ3) is 2.28. The van der Waals surface area contributed by atoms with Crippen molar-refractivity contribution >= 4 is 11.6 Å². The molecule has 0 atom stereocenters. The van der Waals surface area contributed by atoms with E-state index in [2.05, 4.69) is 24.0 Å². The Labute approximate surface area is 90.7 Å². The second-order valence-electron chi connectivity index (χ2n) is 4.08. The van der Waals surface area contributed by atoms with E-state index in [1.807, 2.05) is 6.07 Å². The highest BCUT2D eigenvalue weighted by atomic mass is 35.5. The van der Waals surface area contributed by atoms with Crippen LogP contribution in [0.5, 0.6) is 0 Å². The molecule has 0 bridgehead atoms. The Morgan fingerprint density at radius 2 is 2.00 bits per heavy atom. The van der Waals surface area contributed by atoms with Gasteiger partial charge in [-0.2, -0.15) is 0 Å². The average molecular weight is 210 g/mol. The number of hydrogen-bond donors (Lipinski definition) is 0. The van der Waals surface area contributed by atoms with Crippen LogP contribution in [-0.4, -0.2) is 18.0 Å². The third-order valence-corrected chi connectivity index (χ3v) is 3.16. The first-order valence-corrected chi connectivity index (χ1v) is 5.61. The molecule has 2 heteroatoms. The molecule has 0 amide bonds. The molecular weight excluding hydrogens is 194 g/mol. The summed E-state index contributed by atoms with van der Waals surface area (Å²) in [6, 6.07) is 6.26. The Morgan fingerprint density at radius 1 is 1.29 bits per heavy atom. The van der Waals surface area contributed by atoms with E-state index in [0.717, 1.165) is 11.6 Å². The standard InChI is InChI=1S/C12H16ClN/c1-10-4-5-12(13)11(8-10)9-14-6-2-3-7-14/h4-5,8H,2-3,6-7,9H2,1H3. The normalized spacial score (nSPS) is 17.6. The topological polar surface area (TPSA) is 3.24 Å². The summed E-state index contributed by atoms with van der Waals surface area (Å²) in [5, 5.41) is 0.905. The molecule has 1 aromatic carbocycles. The Bertz CT molecular complexity index is 316. The molecule has 0 unspecified atom stereocenters. The zero-order valence-corrected chi connectivity index (χ0v) is 9.35. The van der Waals surface area contributed by atoms with E-state index in [-0.39, 0.29) is 0 Å². The molecule has 14 heavy (non-hydrogen) atoms. The maximum atomic E-state index is 6.15. The first kappa shape index (κ1) is 10.0. The predicted molar refractivity (Wildman–Crippen MR) is 60.7 cm³/mol. The molecule has 1 fully saturated rings. The molecule has 1 saturated heterocycles. The van der Waals surface area contributed by atoms with Gasteiger partial charge in [-0.25, -0.2) is 0 Å². The predicted octanol–water partition coefficient (Wildman–Crippen LogP) is 3.24. The number of aryl methyl sites for hydroxylation is 1. The lowest BCUT2D eigenvalue weighted by molar-refractivity contribution is 0.331. The molecule has 0 aromatic heterocycles. The van der Waals surface area contributed by atoms with Crippen molar-refractivity contribution in [3.8, 4) is 0 Å². The van der Waals surface area contributed by atoms with E-state index in [9.17, 15) is 0 Å². The molecule has 1 aliphatic heterocycles. The number of halogens is 1. The van der Waals surface area contributed by atoms with Crippen molar-refractivity contribution in [2.24, 2.45) is 0 Å². The molecule has 1 aliphatic rings. The number of benzene rings is 1. The van der Waals surface area contributed by atoms with E-state index in [4.69, 9.17) is 11.6 Å². The lowest BCUT2D eigenvalue weighted by Crippen LogP contribution is -2.18. The lowest BCUT2D eigenvalue weighted by Gasteiger charge is -2.15. The highest BCUT2D eigenvalue weighted by molar-refractivity contribution is 6.31. The summed E-state index contributed by atoms with van der Waals surface area (Å²) < 4.78 is 0. The van der Waals surface area contributed by atoms with Crippen molar-refractivity contribution in [1.82, 2.24) is 4.90 Å². The number of nitrogens with zero attached hydrogens (tertiary/aromatic N) is 1. The Balaban J connectivity index is 2.10. The smallest absolute Gasteiger partial charge is 0.0451 e. The van der Waals surface area contributed by atoms with Gasteiger partial charge in [-0.15, -0.1) is 0 Å². The van der Waals surface area contributed by atoms with Crippen LogP contribution in [0, 0.1) is 6.92 Å². The van der Waals surface area contributed by atoms with Gasteiger partial charge in [0.2, 0.25) is 0 Å². The summed E-state index contributed by atoms with van der Waals surface area (Å²) in [4.78, 5) is 2.47. The van der Waals surface area contributed by atoms with Crippen LogP contribution in [0.4, 0.5) is 0 Å². The van der Waals surface area contributed by atoms with Gasteiger partial charge < -0.3 is 0 Å². The van der Waals surface area contributed by atoms with Gasteiger partial charge in [0.1, 0.15) is 0 Å². The van der Waals surface area contributed by atoms with Crippen LogP contribution in [0.25, 0.3) is 0 Å². The SMILES string of the molecule is Cc1ccc(Cl)c(CN2CCCC2)c1. The van der Waals surface area contributed by atoms with Crippen molar-refractivity contribution in [3.63, 3.8) is 0 Å². The van der Waals surface area contributed by atoms with Crippen molar-refractivity contribution in [2.75, 3.05) is 13.1 Å². The third-order valence-electron chi connectivity index (χ3n) is 2.79. The first-order valence-electron chi connectivity index (χ1n) is 5.23. The molecule has 0 spiro atoms.